The van der Waals surface area contributed by atoms with Gasteiger partial charge in [-0.1, -0.05) is 41.9 Å². The molecule has 0 radical (unpaired) electrons. The average Bonchev–Trinajstić information content (AvgIpc) is 3.63. The van der Waals surface area contributed by atoms with Crippen molar-refractivity contribution in [3.8, 4) is 11.1 Å². The highest BCUT2D eigenvalue weighted by Gasteiger charge is 2.40. The maximum absolute atomic E-state index is 13.3. The molecule has 3 N–H and O–H groups in total. The Morgan fingerprint density at radius 2 is 1.94 bits per heavy atom. The van der Waals surface area contributed by atoms with Crippen LogP contribution in [0.3, 0.4) is 0 Å². The molecule has 3 aromatic heterocycles. The van der Waals surface area contributed by atoms with E-state index in [-0.39, 0.29) is 5.91 Å². The van der Waals surface area contributed by atoms with Gasteiger partial charge in [0, 0.05) is 75.1 Å². The number of carboxylic acid groups (broad SMARTS) is 1. The largest absolute Gasteiger partial charge is 0.481 e. The molecular weight excluding hydrogens is 626 g/mol. The minimum absolute atomic E-state index is 0.298. The third-order valence-electron chi connectivity index (χ3n) is 9.88. The van der Waals surface area contributed by atoms with E-state index in [1.54, 1.807) is 0 Å². The molecule has 0 spiro atoms. The zero-order chi connectivity index (χ0) is 33.6. The van der Waals surface area contributed by atoms with Gasteiger partial charge in [-0.05, 0) is 67.3 Å². The maximum Gasteiger partial charge on any atom is 0.310 e. The van der Waals surface area contributed by atoms with Crippen molar-refractivity contribution in [1.29, 1.82) is 0 Å². The lowest BCUT2D eigenvalue weighted by atomic mass is 9.90. The number of nitrogens with one attached hydrogen (secondary N) is 2. The van der Waals surface area contributed by atoms with Crippen LogP contribution >= 0.6 is 11.6 Å². The molecule has 0 saturated carbocycles. The summed E-state index contributed by atoms with van der Waals surface area (Å²) in [5, 5.41) is 17.4. The molecule has 0 unspecified atom stereocenters. The molecule has 1 amide bonds. The molecule has 7 rings (SSSR count). The van der Waals surface area contributed by atoms with Crippen LogP contribution in [0.15, 0.2) is 60.9 Å². The van der Waals surface area contributed by atoms with Crippen LogP contribution in [0.1, 0.15) is 57.7 Å². The minimum atomic E-state index is -0.741. The van der Waals surface area contributed by atoms with Crippen LogP contribution in [-0.2, 0) is 37.8 Å². The van der Waals surface area contributed by atoms with E-state index in [0.717, 1.165) is 75.3 Å². The summed E-state index contributed by atoms with van der Waals surface area (Å²) in [5.74, 6) is -0.674. The first-order valence-corrected chi connectivity index (χ1v) is 16.6. The Morgan fingerprint density at radius 1 is 1.12 bits per heavy atom. The number of benzene rings is 2. The van der Waals surface area contributed by atoms with E-state index in [1.165, 1.54) is 0 Å². The van der Waals surface area contributed by atoms with Crippen molar-refractivity contribution in [2.75, 3.05) is 25.0 Å². The molecule has 246 valence electrons. The van der Waals surface area contributed by atoms with Gasteiger partial charge in [-0.15, -0.1) is 0 Å². The van der Waals surface area contributed by atoms with Gasteiger partial charge in [0.1, 0.15) is 0 Å². The summed E-state index contributed by atoms with van der Waals surface area (Å²) in [6, 6.07) is 15.9. The SMILES string of the molecule is Cc1c(Cc2nccc3cc(CN4CC[C@@](C)(C(=O)O)C4)cnc23)cccc1-c1cccc(NC(=O)c2nc3c(n2C)CCNC3)c1Cl. The second-order valence-corrected chi connectivity index (χ2v) is 13.6. The number of carboxylic acids is 1. The summed E-state index contributed by atoms with van der Waals surface area (Å²) in [4.78, 5) is 41.4. The van der Waals surface area contributed by atoms with Crippen LogP contribution in [0.4, 0.5) is 5.69 Å². The molecule has 0 bridgehead atoms. The average molecular weight is 664 g/mol. The molecule has 0 aliphatic carbocycles. The van der Waals surface area contributed by atoms with Gasteiger partial charge >= 0.3 is 5.97 Å². The Balaban J connectivity index is 1.11. The van der Waals surface area contributed by atoms with Gasteiger partial charge < -0.3 is 20.3 Å². The number of amides is 1. The van der Waals surface area contributed by atoms with E-state index in [1.807, 2.05) is 67.3 Å². The molecule has 1 atom stereocenters. The van der Waals surface area contributed by atoms with Crippen LogP contribution < -0.4 is 10.6 Å². The number of pyridine rings is 2. The van der Waals surface area contributed by atoms with E-state index in [0.29, 0.717) is 49.0 Å². The predicted octanol–water partition coefficient (Wildman–Crippen LogP) is 5.78. The number of likely N-dealkylation sites (tertiary alicyclic amines) is 1. The smallest absolute Gasteiger partial charge is 0.310 e. The summed E-state index contributed by atoms with van der Waals surface area (Å²) in [5.41, 5.74) is 8.54. The fourth-order valence-corrected chi connectivity index (χ4v) is 7.30. The molecule has 2 aliphatic heterocycles. The zero-order valence-corrected chi connectivity index (χ0v) is 28.1. The van der Waals surface area contributed by atoms with Crippen molar-refractivity contribution in [2.45, 2.75) is 46.2 Å². The van der Waals surface area contributed by atoms with Gasteiger partial charge in [-0.25, -0.2) is 4.98 Å². The Morgan fingerprint density at radius 3 is 2.73 bits per heavy atom. The second-order valence-electron chi connectivity index (χ2n) is 13.2. The van der Waals surface area contributed by atoms with Crippen LogP contribution in [0.2, 0.25) is 5.02 Å². The van der Waals surface area contributed by atoms with Gasteiger partial charge in [0.25, 0.3) is 5.91 Å². The summed E-state index contributed by atoms with van der Waals surface area (Å²) in [7, 11) is 1.88. The molecule has 10 nitrogen and oxygen atoms in total. The molecule has 5 heterocycles. The fourth-order valence-electron chi connectivity index (χ4n) is 7.03. The van der Waals surface area contributed by atoms with E-state index < -0.39 is 11.4 Å². The molecule has 5 aromatic rings. The first-order chi connectivity index (χ1) is 23.1. The topological polar surface area (TPSA) is 125 Å². The number of halogens is 1. The monoisotopic (exact) mass is 663 g/mol. The quantitative estimate of drug-likeness (QED) is 0.191. The van der Waals surface area contributed by atoms with Gasteiger partial charge in [0.2, 0.25) is 0 Å². The lowest BCUT2D eigenvalue weighted by Gasteiger charge is -2.20. The number of anilines is 1. The second kappa shape index (κ2) is 12.8. The Kier molecular flexibility index (Phi) is 8.49. The lowest BCUT2D eigenvalue weighted by molar-refractivity contribution is -0.147. The van der Waals surface area contributed by atoms with Gasteiger partial charge in [0.05, 0.1) is 33.0 Å². The Hall–Kier alpha value is -4.64. The maximum atomic E-state index is 13.3. The number of carbonyl (C=O) groups excluding carboxylic acids is 1. The van der Waals surface area contributed by atoms with Crippen molar-refractivity contribution >= 4 is 40.1 Å². The summed E-state index contributed by atoms with van der Waals surface area (Å²) in [6.07, 6.45) is 5.75. The number of rotatable bonds is 8. The molecule has 48 heavy (non-hydrogen) atoms. The van der Waals surface area contributed by atoms with Crippen LogP contribution in [0.25, 0.3) is 22.0 Å². The van der Waals surface area contributed by atoms with Crippen molar-refractivity contribution < 1.29 is 14.7 Å². The summed E-state index contributed by atoms with van der Waals surface area (Å²) >= 11 is 6.98. The summed E-state index contributed by atoms with van der Waals surface area (Å²) < 4.78 is 1.87. The van der Waals surface area contributed by atoms with E-state index >= 15 is 0 Å². The molecule has 2 aromatic carbocycles. The van der Waals surface area contributed by atoms with Crippen molar-refractivity contribution in [1.82, 2.24) is 29.7 Å². The number of hydrogen-bond donors (Lipinski definition) is 3. The van der Waals surface area contributed by atoms with Crippen molar-refractivity contribution in [2.24, 2.45) is 12.5 Å². The number of aliphatic carboxylic acids is 1. The normalized spacial score (nSPS) is 17.8. The van der Waals surface area contributed by atoms with Crippen LogP contribution in [0, 0.1) is 12.3 Å². The summed E-state index contributed by atoms with van der Waals surface area (Å²) in [6.45, 7) is 7.36. The number of aromatic nitrogens is 4. The predicted molar refractivity (Wildman–Crippen MR) is 186 cm³/mol. The van der Waals surface area contributed by atoms with Crippen molar-refractivity contribution in [3.63, 3.8) is 0 Å². The molecule has 2 aliphatic rings. The standard InChI is InChI=1S/C37H38ClN7O3/c1-22-24(17-29-33-25(10-14-40-29)16-23(18-41-33)20-45-15-12-37(2,21-45)36(47)48)6-4-7-26(22)27-8-5-9-28(32(27)38)43-35(46)34-42-30-19-39-13-11-31(30)44(34)3/h4-10,14,16,18,39H,11-13,15,17,19-21H2,1-3H3,(H,43,46)(H,47,48)/t37-/m1/s1. The Bertz CT molecular complexity index is 2080. The third kappa shape index (κ3) is 5.96. The van der Waals surface area contributed by atoms with E-state index in [4.69, 9.17) is 21.6 Å². The molecular formula is C37H38ClN7O3. The number of imidazole rings is 1. The Labute approximate surface area is 284 Å². The number of hydrogen-bond acceptors (Lipinski definition) is 7. The third-order valence-corrected chi connectivity index (χ3v) is 10.3. The van der Waals surface area contributed by atoms with E-state index in [2.05, 4.69) is 39.6 Å². The molecule has 1 fully saturated rings. The first-order valence-electron chi connectivity index (χ1n) is 16.2. The van der Waals surface area contributed by atoms with Gasteiger partial charge in [-0.2, -0.15) is 0 Å². The highest BCUT2D eigenvalue weighted by atomic mass is 35.5. The highest BCUT2D eigenvalue weighted by molar-refractivity contribution is 6.36. The number of carbonyl (C=O) groups is 2. The van der Waals surface area contributed by atoms with Crippen molar-refractivity contribution in [3.05, 3.63) is 106 Å². The minimum Gasteiger partial charge on any atom is -0.481 e. The van der Waals surface area contributed by atoms with Crippen LogP contribution in [-0.4, -0.2) is 61.0 Å². The number of nitrogens with zero attached hydrogens (tertiary/aromatic N) is 5. The van der Waals surface area contributed by atoms with Gasteiger partial charge in [0.15, 0.2) is 5.82 Å². The zero-order valence-electron chi connectivity index (χ0n) is 27.3. The fraction of sp³-hybridized carbons (Fsp3) is 0.324. The lowest BCUT2D eigenvalue weighted by Crippen LogP contribution is -2.31. The van der Waals surface area contributed by atoms with Gasteiger partial charge in [-0.3, -0.25) is 24.5 Å². The molecule has 11 heteroatoms. The highest BCUT2D eigenvalue weighted by Crippen LogP contribution is 2.37. The first kappa shape index (κ1) is 31.9. The molecule has 1 saturated heterocycles. The number of fused-ring (bicyclic) bond motifs is 2. The van der Waals surface area contributed by atoms with Crippen LogP contribution in [0.5, 0.6) is 0 Å². The van der Waals surface area contributed by atoms with E-state index in [9.17, 15) is 14.7 Å².